The van der Waals surface area contributed by atoms with Crippen LogP contribution >= 0.6 is 11.6 Å². The van der Waals surface area contributed by atoms with Crippen molar-refractivity contribution >= 4 is 23.1 Å². The molecule has 0 bridgehead atoms. The van der Waals surface area contributed by atoms with E-state index in [0.29, 0.717) is 0 Å². The predicted molar refractivity (Wildman–Crippen MR) is 60.4 cm³/mol. The summed E-state index contributed by atoms with van der Waals surface area (Å²) in [5, 5.41) is 11.6. The molecule has 0 spiro atoms. The molecule has 23 heavy (non-hydrogen) atoms. The van der Waals surface area contributed by atoms with Gasteiger partial charge in [-0.15, -0.1) is 0 Å². The maximum absolute atomic E-state index is 13.0. The number of hydrogen-bond acceptors (Lipinski definition) is 2. The standard InChI is InChI=1S/C12H6ClF7O2.Na/c13-7-3-1-6(2-4-7)8(21)5-9(22)10(14,15)11(16,17)12(18,19)20;/h1-5,21H;/q;+1/p-1/b8-5-;. The summed E-state index contributed by atoms with van der Waals surface area (Å²) >= 11 is 5.47. The zero-order valence-corrected chi connectivity index (χ0v) is 14.0. The summed E-state index contributed by atoms with van der Waals surface area (Å²) < 4.78 is 86.9. The van der Waals surface area contributed by atoms with Crippen LogP contribution in [0.15, 0.2) is 30.3 Å². The van der Waals surface area contributed by atoms with Crippen LogP contribution in [0, 0.1) is 0 Å². The number of benzene rings is 1. The molecule has 0 aliphatic carbocycles. The summed E-state index contributed by atoms with van der Waals surface area (Å²) in [6.45, 7) is 0. The first kappa shape index (κ1) is 22.2. The molecule has 0 heterocycles. The van der Waals surface area contributed by atoms with E-state index in [4.69, 9.17) is 11.6 Å². The molecule has 0 aliphatic rings. The van der Waals surface area contributed by atoms with E-state index in [1.807, 2.05) is 0 Å². The third kappa shape index (κ3) is 4.62. The fraction of sp³-hybridized carbons (Fsp3) is 0.250. The number of ketones is 1. The minimum atomic E-state index is -6.65. The van der Waals surface area contributed by atoms with E-state index in [0.717, 1.165) is 24.3 Å². The van der Waals surface area contributed by atoms with Crippen molar-refractivity contribution in [3.05, 3.63) is 40.9 Å². The monoisotopic (exact) mass is 372 g/mol. The van der Waals surface area contributed by atoms with Crippen LogP contribution in [0.2, 0.25) is 5.02 Å². The Balaban J connectivity index is 0.00000484. The molecule has 0 unspecified atom stereocenters. The van der Waals surface area contributed by atoms with Gasteiger partial charge >= 0.3 is 47.6 Å². The zero-order chi connectivity index (χ0) is 17.3. The molecule has 0 amide bonds. The number of carbonyl (C=O) groups excluding carboxylic acids is 1. The molecule has 0 saturated heterocycles. The molecule has 0 saturated carbocycles. The number of carbonyl (C=O) groups is 1. The summed E-state index contributed by atoms with van der Waals surface area (Å²) in [7, 11) is 0. The van der Waals surface area contributed by atoms with Crippen LogP contribution in [0.5, 0.6) is 0 Å². The normalized spacial score (nSPS) is 13.5. The third-order valence-electron chi connectivity index (χ3n) is 2.45. The maximum Gasteiger partial charge on any atom is 1.00 e. The van der Waals surface area contributed by atoms with Crippen LogP contribution in [0.1, 0.15) is 5.56 Å². The van der Waals surface area contributed by atoms with Crippen molar-refractivity contribution in [2.24, 2.45) is 0 Å². The molecule has 122 valence electrons. The van der Waals surface area contributed by atoms with Gasteiger partial charge in [0.25, 0.3) is 0 Å². The molecular weight excluding hydrogens is 368 g/mol. The minimum Gasteiger partial charge on any atom is -0.872 e. The van der Waals surface area contributed by atoms with Gasteiger partial charge in [0.2, 0.25) is 5.78 Å². The molecule has 0 atom stereocenters. The number of rotatable bonds is 4. The van der Waals surface area contributed by atoms with Gasteiger partial charge in [-0.05, 0) is 23.8 Å². The zero-order valence-electron chi connectivity index (χ0n) is 11.2. The van der Waals surface area contributed by atoms with Gasteiger partial charge < -0.3 is 5.11 Å². The van der Waals surface area contributed by atoms with Crippen LogP contribution in [0.4, 0.5) is 30.7 Å². The summed E-state index contributed by atoms with van der Waals surface area (Å²) in [5.41, 5.74) is -0.385. The van der Waals surface area contributed by atoms with E-state index in [1.54, 1.807) is 0 Å². The van der Waals surface area contributed by atoms with E-state index >= 15 is 0 Å². The van der Waals surface area contributed by atoms with Crippen LogP contribution < -0.4 is 34.7 Å². The molecule has 1 aromatic carbocycles. The molecule has 2 nitrogen and oxygen atoms in total. The van der Waals surface area contributed by atoms with Gasteiger partial charge in [-0.1, -0.05) is 29.5 Å². The largest absolute Gasteiger partial charge is 1.00 e. The smallest absolute Gasteiger partial charge is 0.872 e. The molecular formula is C12H5ClF7NaO2. The second kappa shape index (κ2) is 7.42. The Hall–Kier alpha value is -0.770. The van der Waals surface area contributed by atoms with Gasteiger partial charge in [-0.3, -0.25) is 4.79 Å². The third-order valence-corrected chi connectivity index (χ3v) is 2.70. The predicted octanol–water partition coefficient (Wildman–Crippen LogP) is 0.447. The molecule has 1 rings (SSSR count). The summed E-state index contributed by atoms with van der Waals surface area (Å²) in [5.74, 6) is -17.1. The van der Waals surface area contributed by atoms with Crippen molar-refractivity contribution in [3.8, 4) is 0 Å². The van der Waals surface area contributed by atoms with E-state index in [1.165, 1.54) is 0 Å². The topological polar surface area (TPSA) is 40.1 Å². The van der Waals surface area contributed by atoms with Crippen LogP contribution in [-0.2, 0) is 4.79 Å². The van der Waals surface area contributed by atoms with Crippen LogP contribution in [0.3, 0.4) is 0 Å². The second-order valence-corrected chi connectivity index (χ2v) is 4.46. The first-order valence-corrected chi connectivity index (χ1v) is 5.70. The Morgan fingerprint density at radius 2 is 1.43 bits per heavy atom. The molecule has 1 aromatic rings. The van der Waals surface area contributed by atoms with Gasteiger partial charge in [0, 0.05) is 5.02 Å². The molecule has 0 fully saturated rings. The SMILES string of the molecule is O=C(/C=C(\[O-])c1ccc(Cl)cc1)C(F)(F)C(F)(F)C(F)(F)F.[Na+]. The van der Waals surface area contributed by atoms with Crippen molar-refractivity contribution in [2.45, 2.75) is 18.0 Å². The Kier molecular flexibility index (Phi) is 7.17. The van der Waals surface area contributed by atoms with Crippen molar-refractivity contribution < 1.29 is 70.2 Å². The first-order valence-electron chi connectivity index (χ1n) is 5.32. The van der Waals surface area contributed by atoms with Crippen LogP contribution in [-0.4, -0.2) is 23.8 Å². The van der Waals surface area contributed by atoms with E-state index in [9.17, 15) is 40.6 Å². The quantitative estimate of drug-likeness (QED) is 0.333. The summed E-state index contributed by atoms with van der Waals surface area (Å²) in [6.07, 6.45) is -7.16. The van der Waals surface area contributed by atoms with Crippen molar-refractivity contribution in [1.82, 2.24) is 0 Å². The maximum atomic E-state index is 13.0. The van der Waals surface area contributed by atoms with Gasteiger partial charge in [0.05, 0.1) is 0 Å². The first-order chi connectivity index (χ1) is 9.80. The molecule has 0 radical (unpaired) electrons. The Bertz CT molecular complexity index is 596. The fourth-order valence-electron chi connectivity index (χ4n) is 1.24. The van der Waals surface area contributed by atoms with Crippen molar-refractivity contribution in [2.75, 3.05) is 0 Å². The van der Waals surface area contributed by atoms with E-state index in [2.05, 4.69) is 0 Å². The average molecular weight is 373 g/mol. The summed E-state index contributed by atoms with van der Waals surface area (Å²) in [6, 6.07) is 4.23. The Labute approximate surface area is 152 Å². The molecule has 0 N–H and O–H groups in total. The minimum absolute atomic E-state index is 0. The van der Waals surface area contributed by atoms with Gasteiger partial charge in [0.1, 0.15) is 0 Å². The van der Waals surface area contributed by atoms with E-state index < -0.39 is 35.6 Å². The fourth-order valence-corrected chi connectivity index (χ4v) is 1.37. The molecule has 11 heteroatoms. The number of alkyl halides is 7. The Morgan fingerprint density at radius 1 is 1.00 bits per heavy atom. The van der Waals surface area contributed by atoms with Crippen molar-refractivity contribution in [1.29, 1.82) is 0 Å². The van der Waals surface area contributed by atoms with Crippen molar-refractivity contribution in [3.63, 3.8) is 0 Å². The number of allylic oxidation sites excluding steroid dienone is 1. The Morgan fingerprint density at radius 3 is 1.83 bits per heavy atom. The van der Waals surface area contributed by atoms with Gasteiger partial charge in [-0.2, -0.15) is 30.7 Å². The molecule has 0 aliphatic heterocycles. The second-order valence-electron chi connectivity index (χ2n) is 4.03. The van der Waals surface area contributed by atoms with Gasteiger partial charge in [0.15, 0.2) is 0 Å². The van der Waals surface area contributed by atoms with Crippen LogP contribution in [0.25, 0.3) is 5.76 Å². The number of halogens is 8. The average Bonchev–Trinajstić information content (AvgIpc) is 2.37. The molecule has 0 aromatic heterocycles. The van der Waals surface area contributed by atoms with Gasteiger partial charge in [-0.25, -0.2) is 0 Å². The van der Waals surface area contributed by atoms with E-state index in [-0.39, 0.29) is 40.1 Å². The summed E-state index contributed by atoms with van der Waals surface area (Å²) in [4.78, 5) is 11.0. The number of hydrogen-bond donors (Lipinski definition) is 0.